The van der Waals surface area contributed by atoms with E-state index in [4.69, 9.17) is 9.47 Å². The predicted molar refractivity (Wildman–Crippen MR) is 91.4 cm³/mol. The van der Waals surface area contributed by atoms with Crippen LogP contribution in [-0.4, -0.2) is 31.6 Å². The number of ether oxygens (including phenoxy) is 2. The van der Waals surface area contributed by atoms with Crippen molar-refractivity contribution >= 4 is 11.9 Å². The Kier molecular flexibility index (Phi) is 10.1. The van der Waals surface area contributed by atoms with E-state index in [1.807, 2.05) is 6.07 Å². The molecule has 1 amide bonds. The van der Waals surface area contributed by atoms with Gasteiger partial charge in [0.2, 0.25) is 5.91 Å². The minimum Gasteiger partial charge on any atom is -0.546 e. The molecule has 1 aromatic carbocycles. The van der Waals surface area contributed by atoms with Gasteiger partial charge in [0.15, 0.2) is 11.5 Å². The molecule has 0 unspecified atom stereocenters. The normalized spacial score (nSPS) is 19.2. The number of carbonyl (C=O) groups excluding carboxylic acids is 2. The number of rotatable bonds is 8. The molecule has 1 fully saturated rings. The van der Waals surface area contributed by atoms with Crippen LogP contribution in [0.3, 0.4) is 0 Å². The van der Waals surface area contributed by atoms with Gasteiger partial charge in [0, 0.05) is 12.5 Å². The number of carbonyl (C=O) groups is 2. The van der Waals surface area contributed by atoms with E-state index < -0.39 is 12.6 Å². The van der Waals surface area contributed by atoms with E-state index in [9.17, 15) is 14.7 Å². The second-order valence-corrected chi connectivity index (χ2v) is 6.67. The largest absolute Gasteiger partial charge is 1.00 e. The van der Waals surface area contributed by atoms with Gasteiger partial charge in [-0.2, -0.15) is 0 Å². The summed E-state index contributed by atoms with van der Waals surface area (Å²) in [5.74, 6) is 0.325. The minimum absolute atomic E-state index is 0. The van der Waals surface area contributed by atoms with Gasteiger partial charge in [0.25, 0.3) is 0 Å². The van der Waals surface area contributed by atoms with Gasteiger partial charge < -0.3 is 24.7 Å². The fourth-order valence-corrected chi connectivity index (χ4v) is 3.09. The Hall–Kier alpha value is -1.24. The Morgan fingerprint density at radius 2 is 1.88 bits per heavy atom. The molecule has 1 N–H and O–H groups in total. The van der Waals surface area contributed by atoms with Crippen molar-refractivity contribution in [2.75, 3.05) is 13.7 Å². The molecule has 0 aliphatic heterocycles. The first-order valence-electron chi connectivity index (χ1n) is 8.77. The van der Waals surface area contributed by atoms with Crippen molar-refractivity contribution in [3.8, 4) is 11.5 Å². The Morgan fingerprint density at radius 3 is 2.50 bits per heavy atom. The Morgan fingerprint density at radius 1 is 1.19 bits per heavy atom. The molecule has 2 rings (SSSR count). The smallest absolute Gasteiger partial charge is 0.546 e. The van der Waals surface area contributed by atoms with Gasteiger partial charge in [0.05, 0.1) is 13.1 Å². The Balaban J connectivity index is 0.00000338. The Bertz CT molecular complexity index is 600. The summed E-state index contributed by atoms with van der Waals surface area (Å²) in [7, 11) is 1.49. The second kappa shape index (κ2) is 11.5. The van der Waals surface area contributed by atoms with Crippen LogP contribution in [0.2, 0.25) is 0 Å². The maximum absolute atomic E-state index is 12.1. The van der Waals surface area contributed by atoms with Gasteiger partial charge in [-0.05, 0) is 55.7 Å². The van der Waals surface area contributed by atoms with Gasteiger partial charge in [-0.3, -0.25) is 4.79 Å². The zero-order chi connectivity index (χ0) is 18.2. The van der Waals surface area contributed by atoms with Crippen molar-refractivity contribution in [3.63, 3.8) is 0 Å². The molecule has 1 aliphatic carbocycles. The molecule has 26 heavy (non-hydrogen) atoms. The first-order chi connectivity index (χ1) is 12.0. The van der Waals surface area contributed by atoms with Crippen molar-refractivity contribution < 1.29 is 53.7 Å². The van der Waals surface area contributed by atoms with Crippen LogP contribution in [0.4, 0.5) is 0 Å². The molecule has 0 bridgehead atoms. The van der Waals surface area contributed by atoms with E-state index >= 15 is 0 Å². The van der Waals surface area contributed by atoms with E-state index in [2.05, 4.69) is 12.2 Å². The van der Waals surface area contributed by atoms with Crippen LogP contribution in [0.1, 0.15) is 44.6 Å². The maximum atomic E-state index is 12.1. The number of nitrogens with one attached hydrogen (secondary N) is 1. The maximum Gasteiger partial charge on any atom is 1.00 e. The quantitative estimate of drug-likeness (QED) is 0.560. The van der Waals surface area contributed by atoms with E-state index in [-0.39, 0.29) is 35.5 Å². The molecule has 0 aromatic heterocycles. The number of hydrogen-bond donors (Lipinski definition) is 1. The number of carboxylic acids is 1. The van der Waals surface area contributed by atoms with Crippen molar-refractivity contribution in [2.45, 2.75) is 51.5 Å². The molecule has 1 saturated carbocycles. The number of amides is 1. The standard InChI is InChI=1S/C19H27NO5.Na/c1-13-3-7-15(8-4-13)20-18(21)10-6-14-5-9-16(17(11-14)24-2)25-12-19(22)23;/h5,9,11,13,15H,3-4,6-8,10,12H2,1-2H3,(H,20,21)(H,22,23);/q;+1/p-1. The summed E-state index contributed by atoms with van der Waals surface area (Å²) in [4.78, 5) is 22.6. The van der Waals surface area contributed by atoms with Crippen LogP contribution in [0, 0.1) is 5.92 Å². The van der Waals surface area contributed by atoms with Crippen LogP contribution in [0.5, 0.6) is 11.5 Å². The molecule has 0 radical (unpaired) electrons. The molecule has 1 aliphatic rings. The van der Waals surface area contributed by atoms with Crippen molar-refractivity contribution in [2.24, 2.45) is 5.92 Å². The summed E-state index contributed by atoms with van der Waals surface area (Å²) in [6.45, 7) is 1.73. The van der Waals surface area contributed by atoms with Crippen molar-refractivity contribution in [1.29, 1.82) is 0 Å². The van der Waals surface area contributed by atoms with E-state index in [1.54, 1.807) is 12.1 Å². The zero-order valence-electron chi connectivity index (χ0n) is 15.9. The molecule has 0 spiro atoms. The molecule has 138 valence electrons. The van der Waals surface area contributed by atoms with Crippen LogP contribution in [0.15, 0.2) is 18.2 Å². The van der Waals surface area contributed by atoms with Gasteiger partial charge in [-0.15, -0.1) is 0 Å². The van der Waals surface area contributed by atoms with Gasteiger partial charge in [-0.1, -0.05) is 13.0 Å². The van der Waals surface area contributed by atoms with Crippen LogP contribution >= 0.6 is 0 Å². The number of hydrogen-bond acceptors (Lipinski definition) is 5. The SMILES string of the molecule is COc1cc(CCC(=O)NC2CCC(C)CC2)ccc1OCC(=O)[O-].[Na+]. The summed E-state index contributed by atoms with van der Waals surface area (Å²) < 4.78 is 10.3. The predicted octanol–water partition coefficient (Wildman–Crippen LogP) is -1.54. The molecule has 0 heterocycles. The first kappa shape index (κ1) is 22.8. The fraction of sp³-hybridized carbons (Fsp3) is 0.579. The number of carboxylic acid groups (broad SMARTS) is 1. The molecule has 1 aromatic rings. The summed E-state index contributed by atoms with van der Waals surface area (Å²) in [5, 5.41) is 13.6. The topological polar surface area (TPSA) is 87.7 Å². The third-order valence-corrected chi connectivity index (χ3v) is 4.60. The average Bonchev–Trinajstić information content (AvgIpc) is 2.60. The van der Waals surface area contributed by atoms with E-state index in [0.29, 0.717) is 30.4 Å². The summed E-state index contributed by atoms with van der Waals surface area (Å²) in [5.41, 5.74) is 0.935. The van der Waals surface area contributed by atoms with E-state index in [0.717, 1.165) is 24.3 Å². The molecule has 0 saturated heterocycles. The van der Waals surface area contributed by atoms with Crippen molar-refractivity contribution in [3.05, 3.63) is 23.8 Å². The van der Waals surface area contributed by atoms with Crippen molar-refractivity contribution in [1.82, 2.24) is 5.32 Å². The Labute approximate surface area is 176 Å². The summed E-state index contributed by atoms with van der Waals surface area (Å²) in [6, 6.07) is 5.53. The first-order valence-corrected chi connectivity index (χ1v) is 8.77. The minimum atomic E-state index is -1.29. The monoisotopic (exact) mass is 371 g/mol. The van der Waals surface area contributed by atoms with Crippen LogP contribution in [-0.2, 0) is 16.0 Å². The molecular formula is C19H26NNaO5. The molecule has 6 nitrogen and oxygen atoms in total. The second-order valence-electron chi connectivity index (χ2n) is 6.67. The fourth-order valence-electron chi connectivity index (χ4n) is 3.09. The number of methoxy groups -OCH3 is 1. The van der Waals surface area contributed by atoms with Crippen LogP contribution in [0.25, 0.3) is 0 Å². The molecule has 7 heteroatoms. The van der Waals surface area contributed by atoms with Gasteiger partial charge in [0.1, 0.15) is 6.61 Å². The molecular weight excluding hydrogens is 345 g/mol. The summed E-state index contributed by atoms with van der Waals surface area (Å²) >= 11 is 0. The third kappa shape index (κ3) is 7.56. The third-order valence-electron chi connectivity index (χ3n) is 4.60. The number of aliphatic carboxylic acids is 1. The number of benzene rings is 1. The van der Waals surface area contributed by atoms with Gasteiger partial charge >= 0.3 is 29.6 Å². The summed E-state index contributed by atoms with van der Waals surface area (Å²) in [6.07, 6.45) is 5.47. The van der Waals surface area contributed by atoms with Gasteiger partial charge in [-0.25, -0.2) is 0 Å². The van der Waals surface area contributed by atoms with Crippen LogP contribution < -0.4 is 49.5 Å². The van der Waals surface area contributed by atoms with E-state index in [1.165, 1.54) is 20.0 Å². The number of aryl methyl sites for hydroxylation is 1. The molecule has 0 atom stereocenters. The zero-order valence-corrected chi connectivity index (χ0v) is 17.9. The average molecular weight is 371 g/mol.